The van der Waals surface area contributed by atoms with E-state index in [4.69, 9.17) is 4.74 Å². The third kappa shape index (κ3) is 6.13. The third-order valence-electron chi connectivity index (χ3n) is 4.75. The Labute approximate surface area is 189 Å². The average Bonchev–Trinajstić information content (AvgIpc) is 3.08. The molecule has 2 aromatic rings. The Balaban J connectivity index is 1.72. The third-order valence-corrected chi connectivity index (χ3v) is 6.15. The predicted octanol–water partition coefficient (Wildman–Crippen LogP) is 2.94. The molecule has 1 amide bonds. The summed E-state index contributed by atoms with van der Waals surface area (Å²) in [4.78, 5) is 23.0. The SMILES string of the molecule is C=CCOC(=O)NCCC1(CC(=O)O)Nc2ccc(NS(=O)(=O)c3ccc(F)cc3)cc2N1. The second-order valence-corrected chi connectivity index (χ2v) is 8.97. The van der Waals surface area contributed by atoms with Gasteiger partial charge in [-0.15, -0.1) is 0 Å². The molecule has 1 aliphatic rings. The number of carbonyl (C=O) groups excluding carboxylic acids is 1. The maximum Gasteiger partial charge on any atom is 0.407 e. The summed E-state index contributed by atoms with van der Waals surface area (Å²) in [5.41, 5.74) is 0.151. The highest BCUT2D eigenvalue weighted by atomic mass is 32.2. The highest BCUT2D eigenvalue weighted by Gasteiger charge is 2.38. The molecule has 1 unspecified atom stereocenters. The zero-order valence-electron chi connectivity index (χ0n) is 17.4. The lowest BCUT2D eigenvalue weighted by Crippen LogP contribution is -2.46. The number of sulfonamides is 1. The number of rotatable bonds is 10. The first-order valence-corrected chi connectivity index (χ1v) is 11.3. The molecule has 0 bridgehead atoms. The number of alkyl carbamates (subject to hydrolysis) is 1. The van der Waals surface area contributed by atoms with Gasteiger partial charge in [0.2, 0.25) is 0 Å². The van der Waals surface area contributed by atoms with Gasteiger partial charge in [0.1, 0.15) is 18.1 Å². The normalized spacial score (nSPS) is 16.6. The molecule has 3 rings (SSSR count). The highest BCUT2D eigenvalue weighted by molar-refractivity contribution is 7.92. The number of carboxylic acid groups (broad SMARTS) is 1. The van der Waals surface area contributed by atoms with E-state index in [1.165, 1.54) is 18.2 Å². The highest BCUT2D eigenvalue weighted by Crippen LogP contribution is 2.39. The summed E-state index contributed by atoms with van der Waals surface area (Å²) < 4.78 is 45.5. The summed E-state index contributed by atoms with van der Waals surface area (Å²) in [6.07, 6.45) is 0.632. The van der Waals surface area contributed by atoms with E-state index in [-0.39, 0.29) is 36.6 Å². The van der Waals surface area contributed by atoms with Crippen LogP contribution in [0.1, 0.15) is 12.8 Å². The van der Waals surface area contributed by atoms with Crippen molar-refractivity contribution in [3.63, 3.8) is 0 Å². The van der Waals surface area contributed by atoms with Crippen LogP contribution in [0.4, 0.5) is 26.2 Å². The summed E-state index contributed by atoms with van der Waals surface area (Å²) in [5, 5.41) is 18.1. The van der Waals surface area contributed by atoms with E-state index < -0.39 is 33.6 Å². The Morgan fingerprint density at radius 3 is 2.52 bits per heavy atom. The molecule has 0 spiro atoms. The van der Waals surface area contributed by atoms with Crippen LogP contribution in [-0.2, 0) is 19.6 Å². The van der Waals surface area contributed by atoms with Gasteiger partial charge in [0.25, 0.3) is 10.0 Å². The van der Waals surface area contributed by atoms with Crippen LogP contribution in [0.15, 0.2) is 60.0 Å². The van der Waals surface area contributed by atoms with Crippen LogP contribution in [0.25, 0.3) is 0 Å². The first-order chi connectivity index (χ1) is 15.6. The topological polar surface area (TPSA) is 146 Å². The fourth-order valence-electron chi connectivity index (χ4n) is 3.32. The Morgan fingerprint density at radius 1 is 1.15 bits per heavy atom. The van der Waals surface area contributed by atoms with Crippen LogP contribution >= 0.6 is 0 Å². The molecule has 2 aromatic carbocycles. The number of hydrogen-bond acceptors (Lipinski definition) is 7. The molecule has 0 saturated carbocycles. The number of hydrogen-bond donors (Lipinski definition) is 5. The minimum Gasteiger partial charge on any atom is -0.481 e. The maximum absolute atomic E-state index is 13.1. The summed E-state index contributed by atoms with van der Waals surface area (Å²) in [6.45, 7) is 3.60. The fraction of sp³-hybridized carbons (Fsp3) is 0.238. The minimum atomic E-state index is -3.95. The number of carbonyl (C=O) groups is 2. The molecule has 1 atom stereocenters. The summed E-state index contributed by atoms with van der Waals surface area (Å²) in [7, 11) is -3.95. The summed E-state index contributed by atoms with van der Waals surface area (Å²) >= 11 is 0. The fourth-order valence-corrected chi connectivity index (χ4v) is 4.37. The lowest BCUT2D eigenvalue weighted by molar-refractivity contribution is -0.138. The number of anilines is 3. The molecule has 0 aliphatic carbocycles. The van der Waals surface area contributed by atoms with E-state index >= 15 is 0 Å². The van der Waals surface area contributed by atoms with E-state index in [2.05, 4.69) is 27.3 Å². The Bertz CT molecular complexity index is 1160. The maximum atomic E-state index is 13.1. The summed E-state index contributed by atoms with van der Waals surface area (Å²) in [6, 6.07) is 9.01. The van der Waals surface area contributed by atoms with Crippen LogP contribution in [0, 0.1) is 5.82 Å². The van der Waals surface area contributed by atoms with E-state index in [0.717, 1.165) is 24.3 Å². The van der Waals surface area contributed by atoms with Crippen LogP contribution in [0.2, 0.25) is 0 Å². The van der Waals surface area contributed by atoms with E-state index in [9.17, 15) is 27.5 Å². The van der Waals surface area contributed by atoms with Crippen molar-refractivity contribution in [1.82, 2.24) is 5.32 Å². The molecule has 10 nitrogen and oxygen atoms in total. The molecule has 0 radical (unpaired) electrons. The molecule has 33 heavy (non-hydrogen) atoms. The van der Waals surface area contributed by atoms with Gasteiger partial charge in [-0.2, -0.15) is 0 Å². The molecule has 1 aliphatic heterocycles. The molecule has 0 aromatic heterocycles. The van der Waals surface area contributed by atoms with Crippen molar-refractivity contribution in [2.24, 2.45) is 0 Å². The van der Waals surface area contributed by atoms with Crippen LogP contribution in [0.5, 0.6) is 0 Å². The minimum absolute atomic E-state index is 0.0463. The number of ether oxygens (including phenoxy) is 1. The van der Waals surface area contributed by atoms with Gasteiger partial charge in [-0.05, 0) is 42.5 Å². The lowest BCUT2D eigenvalue weighted by Gasteiger charge is -2.29. The van der Waals surface area contributed by atoms with Gasteiger partial charge in [0.15, 0.2) is 0 Å². The number of fused-ring (bicyclic) bond motifs is 1. The molecule has 12 heteroatoms. The number of halogens is 1. The number of carboxylic acids is 1. The molecule has 176 valence electrons. The van der Waals surface area contributed by atoms with Crippen molar-refractivity contribution in [2.75, 3.05) is 28.5 Å². The second-order valence-electron chi connectivity index (χ2n) is 7.29. The number of nitrogens with one attached hydrogen (secondary N) is 4. The molecule has 0 fully saturated rings. The Kier molecular flexibility index (Phi) is 7.07. The van der Waals surface area contributed by atoms with Crippen molar-refractivity contribution >= 4 is 39.1 Å². The van der Waals surface area contributed by atoms with Crippen LogP contribution < -0.4 is 20.7 Å². The van der Waals surface area contributed by atoms with Crippen molar-refractivity contribution in [3.8, 4) is 0 Å². The zero-order chi connectivity index (χ0) is 24.1. The molecular weight excluding hydrogens is 455 g/mol. The Morgan fingerprint density at radius 2 is 1.85 bits per heavy atom. The van der Waals surface area contributed by atoms with Crippen molar-refractivity contribution in [2.45, 2.75) is 23.4 Å². The van der Waals surface area contributed by atoms with Gasteiger partial charge in [-0.25, -0.2) is 17.6 Å². The van der Waals surface area contributed by atoms with Crippen LogP contribution in [-0.4, -0.2) is 44.4 Å². The second kappa shape index (κ2) is 9.77. The number of benzene rings is 2. The summed E-state index contributed by atoms with van der Waals surface area (Å²) in [5.74, 6) is -1.63. The van der Waals surface area contributed by atoms with E-state index in [1.807, 2.05) is 0 Å². The molecule has 0 saturated heterocycles. The standard InChI is InChI=1S/C21H23FN4O6S/c1-2-11-32-20(29)23-10-9-21(13-19(27)28)24-17-8-5-15(12-18(17)25-21)26-33(30,31)16-6-3-14(22)4-7-16/h2-8,12,24-26H,1,9-11,13H2,(H,23,29)(H,27,28). The first-order valence-electron chi connectivity index (χ1n) is 9.85. The Hall–Kier alpha value is -3.80. The van der Waals surface area contributed by atoms with Crippen molar-refractivity contribution in [3.05, 3.63) is 60.9 Å². The monoisotopic (exact) mass is 478 g/mol. The molecule has 1 heterocycles. The predicted molar refractivity (Wildman–Crippen MR) is 120 cm³/mol. The van der Waals surface area contributed by atoms with Crippen molar-refractivity contribution < 1.29 is 32.2 Å². The zero-order valence-corrected chi connectivity index (χ0v) is 18.2. The van der Waals surface area contributed by atoms with Gasteiger partial charge in [0, 0.05) is 13.0 Å². The quantitative estimate of drug-likeness (QED) is 0.328. The largest absolute Gasteiger partial charge is 0.481 e. The lowest BCUT2D eigenvalue weighted by atomic mass is 10.0. The van der Waals surface area contributed by atoms with Gasteiger partial charge >= 0.3 is 12.1 Å². The van der Waals surface area contributed by atoms with Gasteiger partial charge in [0.05, 0.1) is 28.4 Å². The smallest absolute Gasteiger partial charge is 0.407 e. The van der Waals surface area contributed by atoms with Gasteiger partial charge in [-0.3, -0.25) is 9.52 Å². The first kappa shape index (κ1) is 23.9. The number of aliphatic carboxylic acids is 1. The van der Waals surface area contributed by atoms with Crippen molar-refractivity contribution in [1.29, 1.82) is 0 Å². The van der Waals surface area contributed by atoms with Gasteiger partial charge < -0.3 is 25.8 Å². The number of amides is 1. The van der Waals surface area contributed by atoms with Gasteiger partial charge in [-0.1, -0.05) is 12.7 Å². The van der Waals surface area contributed by atoms with E-state index in [1.54, 1.807) is 6.07 Å². The van der Waals surface area contributed by atoms with E-state index in [0.29, 0.717) is 11.4 Å². The van der Waals surface area contributed by atoms with Crippen LogP contribution in [0.3, 0.4) is 0 Å². The molecule has 5 N–H and O–H groups in total. The average molecular weight is 479 g/mol. The molecular formula is C21H23FN4O6S.